The summed E-state index contributed by atoms with van der Waals surface area (Å²) in [6.45, 7) is 10.6. The van der Waals surface area contributed by atoms with Crippen molar-refractivity contribution in [3.8, 4) is 0 Å². The molecule has 3 heteroatoms. The number of hydrogen-bond donors (Lipinski definition) is 1. The smallest absolute Gasteiger partial charge is 0.223 e. The molecule has 1 saturated heterocycles. The molecule has 0 unspecified atom stereocenters. The first kappa shape index (κ1) is 12.5. The van der Waals surface area contributed by atoms with E-state index in [4.69, 9.17) is 0 Å². The SMILES string of the molecule is CCNC(=O)C1CCN(CC(C)C)CC1.[HH]. The molecule has 0 radical (unpaired) electrons. The van der Waals surface area contributed by atoms with Crippen molar-refractivity contribution < 1.29 is 6.22 Å². The first-order chi connectivity index (χ1) is 7.13. The van der Waals surface area contributed by atoms with E-state index in [1.165, 1.54) is 6.54 Å². The summed E-state index contributed by atoms with van der Waals surface area (Å²) >= 11 is 0. The second-order valence-corrected chi connectivity index (χ2v) is 4.86. The molecule has 15 heavy (non-hydrogen) atoms. The molecule has 0 saturated carbocycles. The van der Waals surface area contributed by atoms with Crippen LogP contribution in [0.1, 0.15) is 35.0 Å². The molecule has 1 aliphatic rings. The van der Waals surface area contributed by atoms with Gasteiger partial charge in [0.05, 0.1) is 0 Å². The fourth-order valence-electron chi connectivity index (χ4n) is 2.21. The van der Waals surface area contributed by atoms with Crippen LogP contribution in [-0.4, -0.2) is 37.0 Å². The molecule has 0 aromatic rings. The topological polar surface area (TPSA) is 32.3 Å². The Bertz CT molecular complexity index is 201. The Balaban J connectivity index is 0.00000225. The van der Waals surface area contributed by atoms with Crippen molar-refractivity contribution in [1.82, 2.24) is 10.2 Å². The molecule has 0 aromatic heterocycles. The predicted molar refractivity (Wildman–Crippen MR) is 64.8 cm³/mol. The van der Waals surface area contributed by atoms with E-state index in [1.54, 1.807) is 0 Å². The zero-order valence-electron chi connectivity index (χ0n) is 10.3. The molecule has 1 fully saturated rings. The minimum atomic E-state index is 0. The average molecular weight is 214 g/mol. The summed E-state index contributed by atoms with van der Waals surface area (Å²) in [4.78, 5) is 14.1. The van der Waals surface area contributed by atoms with Crippen molar-refractivity contribution in [3.05, 3.63) is 0 Å². The fraction of sp³-hybridized carbons (Fsp3) is 0.917. The number of hydrogen-bond acceptors (Lipinski definition) is 2. The largest absolute Gasteiger partial charge is 0.356 e. The highest BCUT2D eigenvalue weighted by molar-refractivity contribution is 5.78. The van der Waals surface area contributed by atoms with Crippen molar-refractivity contribution in [1.29, 1.82) is 0 Å². The maximum atomic E-state index is 11.6. The normalized spacial score (nSPS) is 19.5. The third-order valence-corrected chi connectivity index (χ3v) is 2.93. The standard InChI is InChI=1S/C12H24N2O.H2/c1-4-13-12(15)11-5-7-14(8-6-11)9-10(2)3;/h10-11H,4-9H2,1-3H3,(H,13,15);1H. The molecular formula is C12H26N2O. The van der Waals surface area contributed by atoms with E-state index in [2.05, 4.69) is 24.1 Å². The van der Waals surface area contributed by atoms with Gasteiger partial charge in [-0.3, -0.25) is 4.79 Å². The summed E-state index contributed by atoms with van der Waals surface area (Å²) in [5, 5.41) is 2.91. The van der Waals surface area contributed by atoms with E-state index in [-0.39, 0.29) is 13.3 Å². The maximum Gasteiger partial charge on any atom is 0.223 e. The molecule has 1 heterocycles. The van der Waals surface area contributed by atoms with Gasteiger partial charge in [0.1, 0.15) is 0 Å². The van der Waals surface area contributed by atoms with Gasteiger partial charge in [0.15, 0.2) is 0 Å². The van der Waals surface area contributed by atoms with E-state index < -0.39 is 0 Å². The van der Waals surface area contributed by atoms with Gasteiger partial charge in [0.25, 0.3) is 0 Å². The van der Waals surface area contributed by atoms with Crippen LogP contribution in [0.15, 0.2) is 0 Å². The molecule has 90 valence electrons. The number of nitrogens with zero attached hydrogens (tertiary/aromatic N) is 1. The van der Waals surface area contributed by atoms with Crippen LogP contribution in [0.25, 0.3) is 0 Å². The number of carbonyl (C=O) groups is 1. The van der Waals surface area contributed by atoms with E-state index in [9.17, 15) is 4.79 Å². The number of rotatable bonds is 4. The summed E-state index contributed by atoms with van der Waals surface area (Å²) in [6.07, 6.45) is 2.05. The number of piperidine rings is 1. The van der Waals surface area contributed by atoms with Gasteiger partial charge in [0.2, 0.25) is 5.91 Å². The number of carbonyl (C=O) groups excluding carboxylic acids is 1. The summed E-state index contributed by atoms with van der Waals surface area (Å²) in [6, 6.07) is 0. The summed E-state index contributed by atoms with van der Waals surface area (Å²) in [5.74, 6) is 1.24. The lowest BCUT2D eigenvalue weighted by atomic mass is 9.95. The average Bonchev–Trinajstić information content (AvgIpc) is 2.18. The summed E-state index contributed by atoms with van der Waals surface area (Å²) in [5.41, 5.74) is 0. The fourth-order valence-corrected chi connectivity index (χ4v) is 2.21. The second kappa shape index (κ2) is 6.11. The molecule has 1 N–H and O–H groups in total. The molecule has 0 aliphatic carbocycles. The third kappa shape index (κ3) is 4.20. The molecule has 0 atom stereocenters. The van der Waals surface area contributed by atoms with Gasteiger partial charge in [-0.05, 0) is 38.8 Å². The lowest BCUT2D eigenvalue weighted by Crippen LogP contribution is -2.41. The van der Waals surface area contributed by atoms with Crippen molar-refractivity contribution in [2.75, 3.05) is 26.2 Å². The summed E-state index contributed by atoms with van der Waals surface area (Å²) in [7, 11) is 0. The zero-order chi connectivity index (χ0) is 11.3. The molecule has 3 nitrogen and oxygen atoms in total. The van der Waals surface area contributed by atoms with Crippen LogP contribution in [0.4, 0.5) is 0 Å². The molecular weight excluding hydrogens is 188 g/mol. The Hall–Kier alpha value is -0.570. The minimum absolute atomic E-state index is 0. The number of nitrogens with one attached hydrogen (secondary N) is 1. The number of likely N-dealkylation sites (tertiary alicyclic amines) is 1. The van der Waals surface area contributed by atoms with Crippen LogP contribution in [0.3, 0.4) is 0 Å². The van der Waals surface area contributed by atoms with Gasteiger partial charge in [-0.2, -0.15) is 0 Å². The van der Waals surface area contributed by atoms with Crippen molar-refractivity contribution in [2.45, 2.75) is 33.6 Å². The van der Waals surface area contributed by atoms with Gasteiger partial charge in [-0.15, -0.1) is 0 Å². The van der Waals surface area contributed by atoms with Gasteiger partial charge >= 0.3 is 0 Å². The minimum Gasteiger partial charge on any atom is -0.356 e. The van der Waals surface area contributed by atoms with E-state index in [0.717, 1.165) is 38.4 Å². The maximum absolute atomic E-state index is 11.6. The highest BCUT2D eigenvalue weighted by Gasteiger charge is 2.24. The van der Waals surface area contributed by atoms with E-state index >= 15 is 0 Å². The second-order valence-electron chi connectivity index (χ2n) is 4.86. The Morgan fingerprint density at radius 1 is 1.47 bits per heavy atom. The Kier molecular flexibility index (Phi) is 5.09. The quantitative estimate of drug-likeness (QED) is 0.773. The highest BCUT2D eigenvalue weighted by Crippen LogP contribution is 2.17. The predicted octanol–water partition coefficient (Wildman–Crippen LogP) is 1.74. The molecule has 1 amide bonds. The molecule has 0 spiro atoms. The lowest BCUT2D eigenvalue weighted by molar-refractivity contribution is -0.126. The van der Waals surface area contributed by atoms with Crippen molar-refractivity contribution in [2.24, 2.45) is 11.8 Å². The van der Waals surface area contributed by atoms with E-state index in [1.807, 2.05) is 6.92 Å². The summed E-state index contributed by atoms with van der Waals surface area (Å²) < 4.78 is 0. The zero-order valence-corrected chi connectivity index (χ0v) is 10.3. The van der Waals surface area contributed by atoms with Crippen LogP contribution in [-0.2, 0) is 4.79 Å². The molecule has 1 rings (SSSR count). The Labute approximate surface area is 94.7 Å². The molecule has 0 bridgehead atoms. The van der Waals surface area contributed by atoms with Gasteiger partial charge in [-0.25, -0.2) is 0 Å². The van der Waals surface area contributed by atoms with E-state index in [0.29, 0.717) is 0 Å². The van der Waals surface area contributed by atoms with Crippen molar-refractivity contribution >= 4 is 5.91 Å². The van der Waals surface area contributed by atoms with Crippen LogP contribution in [0.2, 0.25) is 0 Å². The Morgan fingerprint density at radius 2 is 2.07 bits per heavy atom. The van der Waals surface area contributed by atoms with Crippen LogP contribution in [0, 0.1) is 11.8 Å². The monoisotopic (exact) mass is 214 g/mol. The first-order valence-electron chi connectivity index (χ1n) is 6.13. The highest BCUT2D eigenvalue weighted by atomic mass is 16.1. The van der Waals surface area contributed by atoms with Gasteiger partial charge in [-0.1, -0.05) is 13.8 Å². The first-order valence-corrected chi connectivity index (χ1v) is 6.13. The number of amides is 1. The van der Waals surface area contributed by atoms with Crippen LogP contribution >= 0.6 is 0 Å². The van der Waals surface area contributed by atoms with Gasteiger partial charge < -0.3 is 10.2 Å². The third-order valence-electron chi connectivity index (χ3n) is 2.93. The molecule has 1 aliphatic heterocycles. The van der Waals surface area contributed by atoms with Gasteiger partial charge in [0, 0.05) is 20.4 Å². The van der Waals surface area contributed by atoms with Crippen LogP contribution in [0.5, 0.6) is 0 Å². The molecule has 0 aromatic carbocycles. The Morgan fingerprint density at radius 3 is 2.53 bits per heavy atom. The van der Waals surface area contributed by atoms with Crippen LogP contribution < -0.4 is 5.32 Å². The lowest BCUT2D eigenvalue weighted by Gasteiger charge is -2.32. The van der Waals surface area contributed by atoms with Crippen molar-refractivity contribution in [3.63, 3.8) is 0 Å².